The molecule has 0 radical (unpaired) electrons. The van der Waals surface area contributed by atoms with Gasteiger partial charge in [-0.05, 0) is 128 Å². The molecule has 2 aromatic carbocycles. The predicted molar refractivity (Wildman–Crippen MR) is 265 cm³/mol. The lowest BCUT2D eigenvalue weighted by Gasteiger charge is -2.46. The summed E-state index contributed by atoms with van der Waals surface area (Å²) in [7, 11) is 1.99. The number of carbonyl (C=O) groups is 4. The number of anilines is 2. The quantitative estimate of drug-likeness (QED) is 0.108. The summed E-state index contributed by atoms with van der Waals surface area (Å²) in [5.41, 5.74) is 3.71. The van der Waals surface area contributed by atoms with Crippen molar-refractivity contribution in [1.82, 2.24) is 29.6 Å². The van der Waals surface area contributed by atoms with E-state index in [1.807, 2.05) is 91.7 Å². The Balaban J connectivity index is 1.09. The van der Waals surface area contributed by atoms with Crippen molar-refractivity contribution in [3.63, 3.8) is 0 Å². The van der Waals surface area contributed by atoms with Crippen LogP contribution in [-0.2, 0) is 30.8 Å². The minimum Gasteiger partial charge on any atom is -0.444 e. The highest BCUT2D eigenvalue weighted by Gasteiger charge is 2.42. The maximum Gasteiger partial charge on any atom is 0.410 e. The monoisotopic (exact) mass is 951 g/mol. The van der Waals surface area contributed by atoms with E-state index in [0.29, 0.717) is 57.0 Å². The molecule has 0 aliphatic carbocycles. The van der Waals surface area contributed by atoms with E-state index in [1.54, 1.807) is 58.6 Å². The van der Waals surface area contributed by atoms with Crippen molar-refractivity contribution in [2.75, 3.05) is 76.3 Å². The van der Waals surface area contributed by atoms with Gasteiger partial charge in [-0.15, -0.1) is 0 Å². The van der Waals surface area contributed by atoms with E-state index < -0.39 is 29.4 Å². The van der Waals surface area contributed by atoms with Gasteiger partial charge in [-0.3, -0.25) is 29.4 Å². The number of piperazine rings is 1. The van der Waals surface area contributed by atoms with Gasteiger partial charge >= 0.3 is 12.2 Å². The first-order valence-corrected chi connectivity index (χ1v) is 23.8. The molecule has 1 saturated heterocycles. The van der Waals surface area contributed by atoms with Crippen molar-refractivity contribution >= 4 is 35.4 Å². The van der Waals surface area contributed by atoms with E-state index in [1.165, 1.54) is 12.1 Å². The van der Waals surface area contributed by atoms with Crippen molar-refractivity contribution in [2.45, 2.75) is 110 Å². The lowest BCUT2D eigenvalue weighted by Crippen LogP contribution is -2.63. The van der Waals surface area contributed by atoms with Gasteiger partial charge in [0.15, 0.2) is 0 Å². The van der Waals surface area contributed by atoms with Gasteiger partial charge in [0.2, 0.25) is 5.91 Å². The molecule has 4 amide bonds. The van der Waals surface area contributed by atoms with E-state index in [9.17, 15) is 23.6 Å². The Morgan fingerprint density at radius 2 is 1.54 bits per heavy atom. The second kappa shape index (κ2) is 22.2. The van der Waals surface area contributed by atoms with Crippen LogP contribution in [0.5, 0.6) is 0 Å². The van der Waals surface area contributed by atoms with Crippen LogP contribution in [-0.4, -0.2) is 143 Å². The number of pyridine rings is 2. The number of likely N-dealkylation sites (N-methyl/N-ethyl adjacent to an activating group) is 1. The van der Waals surface area contributed by atoms with Gasteiger partial charge in [-0.1, -0.05) is 38.1 Å². The van der Waals surface area contributed by atoms with Crippen molar-refractivity contribution < 1.29 is 37.8 Å². The molecule has 1 N–H and O–H groups in total. The van der Waals surface area contributed by atoms with E-state index in [-0.39, 0.29) is 54.8 Å². The lowest BCUT2D eigenvalue weighted by molar-refractivity contribution is -0.121. The first-order valence-electron chi connectivity index (χ1n) is 23.8. The number of halogens is 1. The van der Waals surface area contributed by atoms with Crippen LogP contribution < -0.4 is 10.2 Å². The SMILES string of the molecule is C[C@@H]1CN(CC(=O)N2CC(C)(C)c3ncc(Cc4ccc(F)cc4)cc32)[C@@H](CN(C)CCOCCN(C(=O)OC(C)(C)C)[C@H](C)c2ccc(C(=O)Nc3ccncc3)cc2)CN1C(=O)OC(C)(C)C. The number of carbonyl (C=O) groups excluding carboxylic acids is 4. The summed E-state index contributed by atoms with van der Waals surface area (Å²) in [6.07, 6.45) is 4.75. The number of rotatable bonds is 16. The molecule has 3 atom stereocenters. The Labute approximate surface area is 407 Å². The number of benzene rings is 2. The minimum absolute atomic E-state index is 0.0531. The average Bonchev–Trinajstić information content (AvgIpc) is 3.54. The highest BCUT2D eigenvalue weighted by Crippen LogP contribution is 2.40. The van der Waals surface area contributed by atoms with Crippen LogP contribution in [0.2, 0.25) is 0 Å². The van der Waals surface area contributed by atoms with Crippen molar-refractivity contribution in [2.24, 2.45) is 0 Å². The summed E-state index contributed by atoms with van der Waals surface area (Å²) < 4.78 is 31.5. The molecule has 0 unspecified atom stereocenters. The van der Waals surface area contributed by atoms with E-state index in [0.717, 1.165) is 28.1 Å². The van der Waals surface area contributed by atoms with Crippen molar-refractivity contribution in [3.05, 3.63) is 119 Å². The molecule has 0 spiro atoms. The molecule has 0 bridgehead atoms. The van der Waals surface area contributed by atoms with E-state index >= 15 is 0 Å². The molecule has 0 saturated carbocycles. The molecule has 6 rings (SSSR count). The number of ether oxygens (including phenoxy) is 3. The zero-order valence-corrected chi connectivity index (χ0v) is 42.3. The Hall–Kier alpha value is -5.97. The van der Waals surface area contributed by atoms with Gasteiger partial charge < -0.3 is 34.2 Å². The third-order valence-electron chi connectivity index (χ3n) is 12.3. The summed E-state index contributed by atoms with van der Waals surface area (Å²) in [4.78, 5) is 72.9. The van der Waals surface area contributed by atoms with Gasteiger partial charge in [-0.2, -0.15) is 0 Å². The topological polar surface area (TPSA) is 150 Å². The van der Waals surface area contributed by atoms with Crippen LogP contribution in [0.1, 0.15) is 108 Å². The largest absolute Gasteiger partial charge is 0.444 e. The van der Waals surface area contributed by atoms with Gasteiger partial charge in [-0.25, -0.2) is 14.0 Å². The van der Waals surface area contributed by atoms with Gasteiger partial charge in [0, 0.05) is 86.6 Å². The summed E-state index contributed by atoms with van der Waals surface area (Å²) in [6, 6.07) is 18.2. The number of hydrogen-bond acceptors (Lipinski definition) is 11. The summed E-state index contributed by atoms with van der Waals surface area (Å²) in [5, 5.41) is 2.86. The predicted octanol–water partition coefficient (Wildman–Crippen LogP) is 8.34. The molecular formula is C53H71FN8O7. The van der Waals surface area contributed by atoms with Crippen LogP contribution in [0, 0.1) is 5.82 Å². The molecule has 1 fully saturated rings. The lowest BCUT2D eigenvalue weighted by atomic mass is 9.91. The van der Waals surface area contributed by atoms with Gasteiger partial charge in [0.25, 0.3) is 5.91 Å². The Morgan fingerprint density at radius 3 is 2.19 bits per heavy atom. The third kappa shape index (κ3) is 14.5. The molecule has 372 valence electrons. The zero-order valence-electron chi connectivity index (χ0n) is 42.3. The normalized spacial score (nSPS) is 17.6. The minimum atomic E-state index is -0.718. The number of amides is 4. The molecule has 2 aromatic heterocycles. The smallest absolute Gasteiger partial charge is 0.410 e. The first-order chi connectivity index (χ1) is 32.5. The second-order valence-corrected chi connectivity index (χ2v) is 21.0. The van der Waals surface area contributed by atoms with E-state index in [2.05, 4.69) is 33.9 Å². The second-order valence-electron chi connectivity index (χ2n) is 21.0. The Morgan fingerprint density at radius 1 is 0.884 bits per heavy atom. The number of nitrogens with one attached hydrogen (secondary N) is 1. The standard InChI is InChI=1S/C53H71FN8O7/c1-36-31-59(34-46(63)62-35-53(9,10)47-45(62)29-39(30-56-47)28-38-12-18-42(54)19-13-38)44(33-61(36)50(66)69-52(6,7)8)32-58(11)24-26-67-27-25-60(49(65)68-51(3,4)5)37(2)40-14-16-41(17-15-40)48(64)57-43-20-22-55-23-21-43/h12-23,29-30,36-37,44H,24-28,31-35H2,1-11H3,(H,55,57,64)/t36-,37-,44+/m1/s1. The fourth-order valence-electron chi connectivity index (χ4n) is 8.68. The van der Waals surface area contributed by atoms with Crippen LogP contribution in [0.3, 0.4) is 0 Å². The molecular weight excluding hydrogens is 880 g/mol. The number of aromatic nitrogens is 2. The molecule has 4 aromatic rings. The summed E-state index contributed by atoms with van der Waals surface area (Å²) in [6.45, 7) is 22.5. The first kappa shape index (κ1) is 52.4. The maximum atomic E-state index is 14.5. The molecule has 69 heavy (non-hydrogen) atoms. The number of nitrogens with zero attached hydrogens (tertiary/aromatic N) is 7. The third-order valence-corrected chi connectivity index (χ3v) is 12.3. The molecule has 4 heterocycles. The van der Waals surface area contributed by atoms with Crippen LogP contribution >= 0.6 is 0 Å². The Bertz CT molecular complexity index is 2390. The fraction of sp³-hybridized carbons (Fsp3) is 0.509. The molecule has 16 heteroatoms. The number of fused-ring (bicyclic) bond motifs is 1. The highest BCUT2D eigenvalue weighted by atomic mass is 19.1. The van der Waals surface area contributed by atoms with Gasteiger partial charge in [0.05, 0.1) is 37.2 Å². The van der Waals surface area contributed by atoms with Crippen LogP contribution in [0.25, 0.3) is 0 Å². The summed E-state index contributed by atoms with van der Waals surface area (Å²) >= 11 is 0. The summed E-state index contributed by atoms with van der Waals surface area (Å²) in [5.74, 6) is -0.601. The Kier molecular flexibility index (Phi) is 16.9. The molecule has 2 aliphatic heterocycles. The van der Waals surface area contributed by atoms with Crippen LogP contribution in [0.15, 0.2) is 85.3 Å². The van der Waals surface area contributed by atoms with Crippen molar-refractivity contribution in [1.29, 1.82) is 0 Å². The van der Waals surface area contributed by atoms with Gasteiger partial charge in [0.1, 0.15) is 17.0 Å². The molecule has 15 nitrogen and oxygen atoms in total. The van der Waals surface area contributed by atoms with Crippen LogP contribution in [0.4, 0.5) is 25.4 Å². The highest BCUT2D eigenvalue weighted by molar-refractivity contribution is 6.04. The molecule has 2 aliphatic rings. The zero-order chi connectivity index (χ0) is 50.3. The fourth-order valence-corrected chi connectivity index (χ4v) is 8.68. The maximum absolute atomic E-state index is 14.5. The average molecular weight is 951 g/mol. The van der Waals surface area contributed by atoms with E-state index in [4.69, 9.17) is 19.2 Å². The van der Waals surface area contributed by atoms with Crippen molar-refractivity contribution in [3.8, 4) is 0 Å². The number of hydrogen-bond donors (Lipinski definition) is 1.